The number of aromatic nitrogens is 3. The predicted molar refractivity (Wildman–Crippen MR) is 64.0 cm³/mol. The van der Waals surface area contributed by atoms with Gasteiger partial charge in [-0.1, -0.05) is 6.92 Å². The number of hydrogen-bond donors (Lipinski definition) is 1. The van der Waals surface area contributed by atoms with Crippen LogP contribution in [-0.2, 0) is 13.0 Å². The van der Waals surface area contributed by atoms with Crippen molar-refractivity contribution in [3.05, 3.63) is 42.2 Å². The van der Waals surface area contributed by atoms with Gasteiger partial charge < -0.3 is 10.3 Å². The molecule has 0 aromatic carbocycles. The van der Waals surface area contributed by atoms with Crippen LogP contribution in [-0.4, -0.2) is 14.5 Å². The van der Waals surface area contributed by atoms with Gasteiger partial charge in [-0.25, -0.2) is 4.98 Å². The van der Waals surface area contributed by atoms with E-state index < -0.39 is 0 Å². The van der Waals surface area contributed by atoms with Gasteiger partial charge in [-0.15, -0.1) is 0 Å². The molecule has 0 amide bonds. The van der Waals surface area contributed by atoms with Crippen molar-refractivity contribution in [1.82, 2.24) is 14.5 Å². The van der Waals surface area contributed by atoms with E-state index in [1.807, 2.05) is 18.5 Å². The first kappa shape index (κ1) is 10.7. The smallest absolute Gasteiger partial charge is 0.113 e. The molecule has 16 heavy (non-hydrogen) atoms. The highest BCUT2D eigenvalue weighted by Crippen LogP contribution is 2.13. The van der Waals surface area contributed by atoms with Gasteiger partial charge in [0.1, 0.15) is 5.82 Å². The van der Waals surface area contributed by atoms with Crippen LogP contribution in [0.1, 0.15) is 24.7 Å². The number of nitrogens with zero attached hydrogens (tertiary/aromatic N) is 3. The van der Waals surface area contributed by atoms with Crippen molar-refractivity contribution >= 4 is 5.69 Å². The first-order valence-corrected chi connectivity index (χ1v) is 5.49. The molecule has 0 aliphatic heterocycles. The van der Waals surface area contributed by atoms with E-state index in [1.165, 1.54) is 0 Å². The standard InChI is InChI=1S/C12H16N4/c1-2-6-16-7-5-15-12(16)8-10-3-4-14-9-11(10)13/h3-5,7,9H,2,6,8,13H2,1H3. The van der Waals surface area contributed by atoms with Crippen LogP contribution < -0.4 is 5.73 Å². The molecule has 4 nitrogen and oxygen atoms in total. The molecule has 2 heterocycles. The van der Waals surface area contributed by atoms with Crippen LogP contribution in [0.4, 0.5) is 5.69 Å². The number of nitrogen functional groups attached to an aromatic ring is 1. The Bertz CT molecular complexity index is 462. The minimum absolute atomic E-state index is 0.730. The zero-order chi connectivity index (χ0) is 11.4. The second-order valence-electron chi connectivity index (χ2n) is 3.79. The molecular formula is C12H16N4. The highest BCUT2D eigenvalue weighted by atomic mass is 15.1. The van der Waals surface area contributed by atoms with E-state index in [0.717, 1.165) is 36.5 Å². The highest BCUT2D eigenvalue weighted by Gasteiger charge is 2.05. The van der Waals surface area contributed by atoms with Gasteiger partial charge in [0.25, 0.3) is 0 Å². The fraction of sp³-hybridized carbons (Fsp3) is 0.333. The Labute approximate surface area is 95.1 Å². The Morgan fingerprint density at radius 3 is 3.00 bits per heavy atom. The van der Waals surface area contributed by atoms with E-state index in [-0.39, 0.29) is 0 Å². The van der Waals surface area contributed by atoms with Crippen molar-refractivity contribution in [2.75, 3.05) is 5.73 Å². The molecule has 0 bridgehead atoms. The normalized spacial score (nSPS) is 10.6. The summed E-state index contributed by atoms with van der Waals surface area (Å²) in [5.41, 5.74) is 7.67. The molecule has 0 unspecified atom stereocenters. The molecule has 0 spiro atoms. The van der Waals surface area contributed by atoms with Gasteiger partial charge in [-0.3, -0.25) is 4.98 Å². The molecule has 0 aliphatic carbocycles. The Morgan fingerprint density at radius 1 is 1.38 bits per heavy atom. The molecule has 0 saturated carbocycles. The maximum atomic E-state index is 5.86. The molecule has 0 atom stereocenters. The number of hydrogen-bond acceptors (Lipinski definition) is 3. The number of imidazole rings is 1. The lowest BCUT2D eigenvalue weighted by Crippen LogP contribution is -2.05. The maximum absolute atomic E-state index is 5.86. The molecule has 2 N–H and O–H groups in total. The molecule has 84 valence electrons. The molecule has 0 radical (unpaired) electrons. The number of aryl methyl sites for hydroxylation is 1. The van der Waals surface area contributed by atoms with E-state index in [4.69, 9.17) is 5.73 Å². The average molecular weight is 216 g/mol. The maximum Gasteiger partial charge on any atom is 0.113 e. The molecular weight excluding hydrogens is 200 g/mol. The molecule has 2 aromatic heterocycles. The van der Waals surface area contributed by atoms with Crippen molar-refractivity contribution in [2.24, 2.45) is 0 Å². The van der Waals surface area contributed by atoms with Crippen molar-refractivity contribution in [1.29, 1.82) is 0 Å². The largest absolute Gasteiger partial charge is 0.397 e. The molecule has 2 aromatic rings. The van der Waals surface area contributed by atoms with Gasteiger partial charge in [-0.05, 0) is 18.1 Å². The molecule has 0 fully saturated rings. The number of anilines is 1. The zero-order valence-electron chi connectivity index (χ0n) is 9.43. The summed E-state index contributed by atoms with van der Waals surface area (Å²) in [7, 11) is 0. The number of nitrogens with two attached hydrogens (primary N) is 1. The first-order chi connectivity index (χ1) is 7.81. The lowest BCUT2D eigenvalue weighted by Gasteiger charge is -2.07. The van der Waals surface area contributed by atoms with Gasteiger partial charge >= 0.3 is 0 Å². The summed E-state index contributed by atoms with van der Waals surface area (Å²) in [6, 6.07) is 1.94. The Hall–Kier alpha value is -1.84. The second-order valence-corrected chi connectivity index (χ2v) is 3.79. The van der Waals surface area contributed by atoms with Crippen LogP contribution >= 0.6 is 0 Å². The quantitative estimate of drug-likeness (QED) is 0.848. The van der Waals surface area contributed by atoms with E-state index in [9.17, 15) is 0 Å². The minimum Gasteiger partial charge on any atom is -0.397 e. The summed E-state index contributed by atoms with van der Waals surface area (Å²) in [5.74, 6) is 1.06. The average Bonchev–Trinajstić information content (AvgIpc) is 2.70. The van der Waals surface area contributed by atoms with Crippen molar-refractivity contribution in [3.63, 3.8) is 0 Å². The molecule has 0 aliphatic rings. The minimum atomic E-state index is 0.730. The molecule has 2 rings (SSSR count). The Balaban J connectivity index is 2.20. The molecule has 4 heteroatoms. The fourth-order valence-corrected chi connectivity index (χ4v) is 1.72. The van der Waals surface area contributed by atoms with Gasteiger partial charge in [-0.2, -0.15) is 0 Å². The van der Waals surface area contributed by atoms with E-state index >= 15 is 0 Å². The van der Waals surface area contributed by atoms with E-state index in [2.05, 4.69) is 21.5 Å². The van der Waals surface area contributed by atoms with Crippen LogP contribution in [0.15, 0.2) is 30.9 Å². The van der Waals surface area contributed by atoms with Crippen molar-refractivity contribution in [2.45, 2.75) is 26.3 Å². The van der Waals surface area contributed by atoms with Gasteiger partial charge in [0, 0.05) is 31.6 Å². The van der Waals surface area contributed by atoms with Crippen LogP contribution in [0.3, 0.4) is 0 Å². The van der Waals surface area contributed by atoms with Crippen LogP contribution in [0.5, 0.6) is 0 Å². The van der Waals surface area contributed by atoms with Crippen molar-refractivity contribution in [3.8, 4) is 0 Å². The monoisotopic (exact) mass is 216 g/mol. The SMILES string of the molecule is CCCn1ccnc1Cc1ccncc1N. The number of pyridine rings is 1. The highest BCUT2D eigenvalue weighted by molar-refractivity contribution is 5.45. The van der Waals surface area contributed by atoms with Crippen LogP contribution in [0, 0.1) is 0 Å². The zero-order valence-corrected chi connectivity index (χ0v) is 9.43. The fourth-order valence-electron chi connectivity index (χ4n) is 1.72. The summed E-state index contributed by atoms with van der Waals surface area (Å²) < 4.78 is 2.17. The summed E-state index contributed by atoms with van der Waals surface area (Å²) in [5, 5.41) is 0. The Kier molecular flexibility index (Phi) is 3.19. The van der Waals surface area contributed by atoms with E-state index in [0.29, 0.717) is 0 Å². The third kappa shape index (κ3) is 2.21. The van der Waals surface area contributed by atoms with E-state index in [1.54, 1.807) is 12.4 Å². The third-order valence-electron chi connectivity index (χ3n) is 2.56. The second kappa shape index (κ2) is 4.79. The van der Waals surface area contributed by atoms with Crippen LogP contribution in [0.2, 0.25) is 0 Å². The number of rotatable bonds is 4. The van der Waals surface area contributed by atoms with Crippen LogP contribution in [0.25, 0.3) is 0 Å². The topological polar surface area (TPSA) is 56.7 Å². The predicted octanol–water partition coefficient (Wildman–Crippen LogP) is 1.86. The van der Waals surface area contributed by atoms with Gasteiger partial charge in [0.2, 0.25) is 0 Å². The first-order valence-electron chi connectivity index (χ1n) is 5.49. The summed E-state index contributed by atoms with van der Waals surface area (Å²) >= 11 is 0. The molecule has 0 saturated heterocycles. The summed E-state index contributed by atoms with van der Waals surface area (Å²) in [4.78, 5) is 8.34. The lowest BCUT2D eigenvalue weighted by atomic mass is 10.1. The van der Waals surface area contributed by atoms with Gasteiger partial charge in [0.05, 0.1) is 11.9 Å². The third-order valence-corrected chi connectivity index (χ3v) is 2.56. The van der Waals surface area contributed by atoms with Gasteiger partial charge in [0.15, 0.2) is 0 Å². The summed E-state index contributed by atoms with van der Waals surface area (Å²) in [6.45, 7) is 3.16. The summed E-state index contributed by atoms with van der Waals surface area (Å²) in [6.07, 6.45) is 9.16. The van der Waals surface area contributed by atoms with Crippen molar-refractivity contribution < 1.29 is 0 Å². The Morgan fingerprint density at radius 2 is 2.25 bits per heavy atom. The lowest BCUT2D eigenvalue weighted by molar-refractivity contribution is 0.647.